The van der Waals surface area contributed by atoms with E-state index in [4.69, 9.17) is 21.7 Å². The molecule has 0 radical (unpaired) electrons. The van der Waals surface area contributed by atoms with E-state index in [1.807, 2.05) is 35.9 Å². The summed E-state index contributed by atoms with van der Waals surface area (Å²) >= 11 is 5.81. The van der Waals surface area contributed by atoms with E-state index in [1.165, 1.54) is 0 Å². The van der Waals surface area contributed by atoms with Gasteiger partial charge in [0.05, 0.1) is 16.8 Å². The van der Waals surface area contributed by atoms with Crippen molar-refractivity contribution >= 4 is 34.9 Å². The Morgan fingerprint density at radius 1 is 1.24 bits per heavy atom. The molecule has 0 aliphatic heterocycles. The molecule has 0 unspecified atom stereocenters. The Bertz CT molecular complexity index is 969. The summed E-state index contributed by atoms with van der Waals surface area (Å²) < 4.78 is 13.1. The minimum atomic E-state index is -0.694. The molecule has 9 heteroatoms. The summed E-state index contributed by atoms with van der Waals surface area (Å²) in [6.07, 6.45) is 6.74. The molecule has 0 aliphatic carbocycles. The Morgan fingerprint density at radius 3 is 2.58 bits per heavy atom. The third-order valence-corrected chi connectivity index (χ3v) is 5.94. The Balaban J connectivity index is 2.24. The summed E-state index contributed by atoms with van der Waals surface area (Å²) in [5, 5.41) is 5.74. The maximum atomic E-state index is 12.8. The topological polar surface area (TPSA) is 94.0 Å². The average Bonchev–Trinajstić information content (AvgIpc) is 3.22. The quantitative estimate of drug-likeness (QED) is 0.393. The van der Waals surface area contributed by atoms with Gasteiger partial charge in [-0.25, -0.2) is 9.78 Å². The van der Waals surface area contributed by atoms with Crippen molar-refractivity contribution in [2.45, 2.75) is 77.4 Å². The van der Waals surface area contributed by atoms with Crippen molar-refractivity contribution in [2.24, 2.45) is 0 Å². The summed E-state index contributed by atoms with van der Waals surface area (Å²) in [6.45, 7) is 9.54. The number of alkyl carbamates (subject to hydrolysis) is 1. The van der Waals surface area contributed by atoms with E-state index in [-0.39, 0.29) is 13.0 Å². The van der Waals surface area contributed by atoms with Crippen LogP contribution in [-0.4, -0.2) is 51.7 Å². The SMILES string of the molecule is CCC[C@](C(=S)NC)(c1ccc2nccn2c1)[C@@H](CC)OC(=O)CCNC(=O)OC(C)(C)C. The lowest BCUT2D eigenvalue weighted by molar-refractivity contribution is -0.151. The number of esters is 1. The first-order chi connectivity index (χ1) is 15.6. The summed E-state index contributed by atoms with van der Waals surface area (Å²) in [7, 11) is 1.79. The van der Waals surface area contributed by atoms with E-state index in [1.54, 1.807) is 34.0 Å². The molecule has 0 aliphatic rings. The lowest BCUT2D eigenvalue weighted by Crippen LogP contribution is -2.52. The molecule has 182 valence electrons. The first-order valence-electron chi connectivity index (χ1n) is 11.4. The van der Waals surface area contributed by atoms with Gasteiger partial charge in [0, 0.05) is 32.2 Å². The number of nitrogens with zero attached hydrogens (tertiary/aromatic N) is 2. The van der Waals surface area contributed by atoms with Crippen LogP contribution in [0.4, 0.5) is 4.79 Å². The van der Waals surface area contributed by atoms with Crippen molar-refractivity contribution in [2.75, 3.05) is 13.6 Å². The van der Waals surface area contributed by atoms with Crippen LogP contribution in [-0.2, 0) is 19.7 Å². The zero-order chi connectivity index (χ0) is 24.6. The third-order valence-electron chi connectivity index (χ3n) is 5.37. The number of carbonyl (C=O) groups is 2. The van der Waals surface area contributed by atoms with E-state index in [9.17, 15) is 9.59 Å². The van der Waals surface area contributed by atoms with Crippen LogP contribution in [0.25, 0.3) is 5.65 Å². The number of hydrogen-bond acceptors (Lipinski definition) is 6. The molecule has 2 atom stereocenters. The Kier molecular flexibility index (Phi) is 9.22. The predicted octanol–water partition coefficient (Wildman–Crippen LogP) is 4.16. The molecule has 2 rings (SSSR count). The highest BCUT2D eigenvalue weighted by Gasteiger charge is 2.45. The zero-order valence-electron chi connectivity index (χ0n) is 20.4. The molecule has 2 N–H and O–H groups in total. The molecule has 2 aromatic heterocycles. The van der Waals surface area contributed by atoms with Crippen LogP contribution in [0.3, 0.4) is 0 Å². The van der Waals surface area contributed by atoms with Crippen LogP contribution in [0.5, 0.6) is 0 Å². The van der Waals surface area contributed by atoms with Crippen LogP contribution in [0.15, 0.2) is 30.7 Å². The highest BCUT2D eigenvalue weighted by molar-refractivity contribution is 7.80. The number of likely N-dealkylation sites (N-methyl/N-ethyl adjacent to an activating group) is 1. The van der Waals surface area contributed by atoms with E-state index >= 15 is 0 Å². The predicted molar refractivity (Wildman–Crippen MR) is 132 cm³/mol. The van der Waals surface area contributed by atoms with Gasteiger partial charge in [-0.05, 0) is 45.2 Å². The maximum absolute atomic E-state index is 12.8. The fraction of sp³-hybridized carbons (Fsp3) is 0.583. The van der Waals surface area contributed by atoms with Crippen molar-refractivity contribution in [1.29, 1.82) is 0 Å². The van der Waals surface area contributed by atoms with Crippen LogP contribution < -0.4 is 10.6 Å². The molecule has 2 heterocycles. The number of nitrogens with one attached hydrogen (secondary N) is 2. The van der Waals surface area contributed by atoms with Gasteiger partial charge in [-0.15, -0.1) is 0 Å². The number of rotatable bonds is 10. The Hall–Kier alpha value is -2.68. The third kappa shape index (κ3) is 6.66. The first kappa shape index (κ1) is 26.6. The Morgan fingerprint density at radius 2 is 1.97 bits per heavy atom. The summed E-state index contributed by atoms with van der Waals surface area (Å²) in [6, 6.07) is 3.94. The number of amides is 1. The van der Waals surface area contributed by atoms with Gasteiger partial charge in [0.1, 0.15) is 17.4 Å². The normalized spacial score (nSPS) is 14.2. The molecule has 1 amide bonds. The fourth-order valence-electron chi connectivity index (χ4n) is 4.01. The Labute approximate surface area is 201 Å². The molecule has 8 nitrogen and oxygen atoms in total. The highest BCUT2D eigenvalue weighted by atomic mass is 32.1. The summed E-state index contributed by atoms with van der Waals surface area (Å²) in [4.78, 5) is 29.5. The van der Waals surface area contributed by atoms with Gasteiger partial charge < -0.3 is 24.5 Å². The van der Waals surface area contributed by atoms with Gasteiger partial charge in [0.15, 0.2) is 0 Å². The maximum Gasteiger partial charge on any atom is 0.407 e. The second-order valence-electron chi connectivity index (χ2n) is 8.98. The van der Waals surface area contributed by atoms with Crippen LogP contribution >= 0.6 is 12.2 Å². The van der Waals surface area contributed by atoms with Crippen molar-refractivity contribution in [3.63, 3.8) is 0 Å². The molecular formula is C24H36N4O4S. The standard InChI is InChI=1S/C24H36N4O4S/c1-7-12-24(21(33)25-6,17-9-10-19-26-14-15-28(19)16-17)18(8-2)31-20(29)11-13-27-22(30)32-23(3,4)5/h9-10,14-16,18H,7-8,11-13H2,1-6H3,(H,25,33)(H,27,30)/t18-,24+/m1/s1. The largest absolute Gasteiger partial charge is 0.461 e. The number of fused-ring (bicyclic) bond motifs is 1. The molecule has 0 saturated heterocycles. The number of pyridine rings is 1. The van der Waals surface area contributed by atoms with E-state index in [0.29, 0.717) is 17.8 Å². The molecule has 0 spiro atoms. The average molecular weight is 477 g/mol. The van der Waals surface area contributed by atoms with Crippen molar-refractivity contribution in [3.8, 4) is 0 Å². The van der Waals surface area contributed by atoms with Gasteiger partial charge in [-0.3, -0.25) is 4.79 Å². The first-order valence-corrected chi connectivity index (χ1v) is 11.8. The summed E-state index contributed by atoms with van der Waals surface area (Å²) in [5.41, 5.74) is 0.496. The molecule has 0 bridgehead atoms. The molecule has 0 fully saturated rings. The van der Waals surface area contributed by atoms with Crippen molar-refractivity contribution < 1.29 is 19.1 Å². The molecule has 0 aromatic carbocycles. The number of hydrogen-bond donors (Lipinski definition) is 2. The van der Waals surface area contributed by atoms with Gasteiger partial charge in [0.25, 0.3) is 0 Å². The second kappa shape index (κ2) is 11.4. The number of imidazole rings is 1. The molecular weight excluding hydrogens is 440 g/mol. The lowest BCUT2D eigenvalue weighted by Gasteiger charge is -2.40. The smallest absolute Gasteiger partial charge is 0.407 e. The molecule has 33 heavy (non-hydrogen) atoms. The van der Waals surface area contributed by atoms with E-state index in [2.05, 4.69) is 22.5 Å². The lowest BCUT2D eigenvalue weighted by atomic mass is 9.71. The highest BCUT2D eigenvalue weighted by Crippen LogP contribution is 2.38. The minimum Gasteiger partial charge on any atom is -0.461 e. The van der Waals surface area contributed by atoms with Gasteiger partial charge in [0.2, 0.25) is 0 Å². The minimum absolute atomic E-state index is 0.0326. The van der Waals surface area contributed by atoms with E-state index < -0.39 is 29.2 Å². The summed E-state index contributed by atoms with van der Waals surface area (Å²) in [5.74, 6) is -0.402. The van der Waals surface area contributed by atoms with Crippen LogP contribution in [0, 0.1) is 0 Å². The molecule has 0 saturated carbocycles. The monoisotopic (exact) mass is 476 g/mol. The zero-order valence-corrected chi connectivity index (χ0v) is 21.3. The number of ether oxygens (including phenoxy) is 2. The van der Waals surface area contributed by atoms with Crippen LogP contribution in [0.1, 0.15) is 65.9 Å². The van der Waals surface area contributed by atoms with Gasteiger partial charge in [-0.1, -0.05) is 38.6 Å². The van der Waals surface area contributed by atoms with E-state index in [0.717, 1.165) is 17.6 Å². The van der Waals surface area contributed by atoms with Crippen LogP contribution in [0.2, 0.25) is 0 Å². The van der Waals surface area contributed by atoms with Crippen molar-refractivity contribution in [1.82, 2.24) is 20.0 Å². The number of thiocarbonyl (C=S) groups is 1. The van der Waals surface area contributed by atoms with Gasteiger partial charge >= 0.3 is 12.1 Å². The van der Waals surface area contributed by atoms with Gasteiger partial charge in [-0.2, -0.15) is 0 Å². The molecule has 2 aromatic rings. The fourth-order valence-corrected chi connectivity index (χ4v) is 4.37. The second-order valence-corrected chi connectivity index (χ2v) is 9.38. The number of aromatic nitrogens is 2. The number of carbonyl (C=O) groups excluding carboxylic acids is 2. The van der Waals surface area contributed by atoms with Crippen molar-refractivity contribution in [3.05, 3.63) is 36.3 Å².